The van der Waals surface area contributed by atoms with E-state index in [0.717, 1.165) is 12.0 Å². The second kappa shape index (κ2) is 8.60. The van der Waals surface area contributed by atoms with E-state index in [1.165, 1.54) is 4.46 Å². The molecule has 1 saturated carbocycles. The Balaban J connectivity index is 2.11. The van der Waals surface area contributed by atoms with Gasteiger partial charge >= 0.3 is 168 Å². The second-order valence-corrected chi connectivity index (χ2v) is 10.5. The molecular formula is C22H30O4Se. The van der Waals surface area contributed by atoms with Crippen molar-refractivity contribution in [2.24, 2.45) is 23.7 Å². The van der Waals surface area contributed by atoms with Crippen molar-refractivity contribution in [3.8, 4) is 0 Å². The third-order valence-corrected chi connectivity index (χ3v) is 9.27. The van der Waals surface area contributed by atoms with Gasteiger partial charge in [0.15, 0.2) is 0 Å². The summed E-state index contributed by atoms with van der Waals surface area (Å²) in [5.41, 5.74) is 1.76. The van der Waals surface area contributed by atoms with Crippen LogP contribution in [0.15, 0.2) is 54.1 Å². The molecule has 4 nitrogen and oxygen atoms in total. The molecule has 0 radical (unpaired) electrons. The van der Waals surface area contributed by atoms with Crippen LogP contribution in [0.5, 0.6) is 0 Å². The average Bonchev–Trinajstić information content (AvgIpc) is 2.67. The van der Waals surface area contributed by atoms with Gasteiger partial charge in [-0.1, -0.05) is 0 Å². The number of aliphatic hydroxyl groups excluding tert-OH is 2. The van der Waals surface area contributed by atoms with E-state index in [9.17, 15) is 10.2 Å². The molecule has 0 amide bonds. The topological polar surface area (TPSA) is 58.9 Å². The summed E-state index contributed by atoms with van der Waals surface area (Å²) < 4.78 is 13.3. The van der Waals surface area contributed by atoms with Gasteiger partial charge in [-0.05, 0) is 0 Å². The third kappa shape index (κ3) is 3.82. The summed E-state index contributed by atoms with van der Waals surface area (Å²) >= 11 is 0.0424. The molecule has 2 N–H and O–H groups in total. The van der Waals surface area contributed by atoms with E-state index >= 15 is 0 Å². The number of benzene rings is 1. The monoisotopic (exact) mass is 438 g/mol. The van der Waals surface area contributed by atoms with Gasteiger partial charge in [0.25, 0.3) is 0 Å². The number of rotatable bonds is 7. The van der Waals surface area contributed by atoms with Crippen LogP contribution < -0.4 is 4.46 Å². The first-order valence-corrected chi connectivity index (χ1v) is 11.2. The number of methoxy groups -OCH3 is 1. The molecule has 148 valence electrons. The van der Waals surface area contributed by atoms with E-state index < -0.39 is 4.50 Å². The van der Waals surface area contributed by atoms with Gasteiger partial charge < -0.3 is 0 Å². The standard InChI is InChI=1S/C22H30O4Se/c1-14(2)20-18-10-15(3)22(26-21(18)25-4,19(20)11-16(12-23)13-24)27-17-8-6-5-7-9-17/h5-9,11,15,18-21,23-24H,1,10,12-13H2,2-4H3/t15-,18-,19+,20-,21-,22?/m1/s1. The van der Waals surface area contributed by atoms with Gasteiger partial charge in [-0.2, -0.15) is 0 Å². The molecule has 0 spiro atoms. The number of hydrogen-bond acceptors (Lipinski definition) is 4. The summed E-state index contributed by atoms with van der Waals surface area (Å²) in [7, 11) is 1.71. The van der Waals surface area contributed by atoms with Crippen LogP contribution in [0.2, 0.25) is 0 Å². The summed E-state index contributed by atoms with van der Waals surface area (Å²) in [5, 5.41) is 19.4. The molecule has 2 aliphatic heterocycles. The Labute approximate surface area is 168 Å². The predicted molar refractivity (Wildman–Crippen MR) is 108 cm³/mol. The van der Waals surface area contributed by atoms with Crippen molar-refractivity contribution in [3.63, 3.8) is 0 Å². The molecule has 27 heavy (non-hydrogen) atoms. The van der Waals surface area contributed by atoms with Crippen LogP contribution in [0.3, 0.4) is 0 Å². The fourth-order valence-corrected chi connectivity index (χ4v) is 7.75. The number of allylic oxidation sites excluding steroid dienone is 1. The first-order chi connectivity index (χ1) is 13.0. The van der Waals surface area contributed by atoms with Crippen LogP contribution in [0.1, 0.15) is 20.3 Å². The summed E-state index contributed by atoms with van der Waals surface area (Å²) in [6, 6.07) is 10.5. The quantitative estimate of drug-likeness (QED) is 0.507. The Kier molecular flexibility index (Phi) is 6.62. The number of aliphatic hydroxyl groups is 2. The van der Waals surface area contributed by atoms with E-state index in [1.807, 2.05) is 6.07 Å². The number of ether oxygens (including phenoxy) is 2. The van der Waals surface area contributed by atoms with Crippen LogP contribution >= 0.6 is 0 Å². The molecule has 2 saturated heterocycles. The summed E-state index contributed by atoms with van der Waals surface area (Å²) in [6.45, 7) is 8.33. The van der Waals surface area contributed by atoms with Gasteiger partial charge in [0, 0.05) is 0 Å². The zero-order valence-corrected chi connectivity index (χ0v) is 18.0. The van der Waals surface area contributed by atoms with Crippen molar-refractivity contribution in [1.82, 2.24) is 0 Å². The minimum absolute atomic E-state index is 0.0424. The van der Waals surface area contributed by atoms with Crippen LogP contribution in [0.25, 0.3) is 0 Å². The Morgan fingerprint density at radius 2 is 2.00 bits per heavy atom. The Morgan fingerprint density at radius 3 is 2.56 bits per heavy atom. The van der Waals surface area contributed by atoms with E-state index in [0.29, 0.717) is 11.5 Å². The van der Waals surface area contributed by atoms with Gasteiger partial charge in [-0.3, -0.25) is 0 Å². The molecule has 1 unspecified atom stereocenters. The zero-order valence-electron chi connectivity index (χ0n) is 16.3. The maximum atomic E-state index is 9.68. The van der Waals surface area contributed by atoms with Crippen LogP contribution in [0, 0.1) is 23.7 Å². The molecule has 5 heteroatoms. The minimum atomic E-state index is -0.400. The van der Waals surface area contributed by atoms with Gasteiger partial charge in [-0.25, -0.2) is 0 Å². The van der Waals surface area contributed by atoms with Crippen molar-refractivity contribution in [3.05, 3.63) is 54.1 Å². The molecule has 3 fully saturated rings. The predicted octanol–water partition coefficient (Wildman–Crippen LogP) is 2.09. The number of hydrogen-bond donors (Lipinski definition) is 2. The average molecular weight is 437 g/mol. The summed E-state index contributed by atoms with van der Waals surface area (Å²) in [4.78, 5) is 0. The second-order valence-electron chi connectivity index (χ2n) is 7.70. The number of fused-ring (bicyclic) bond motifs is 3. The van der Waals surface area contributed by atoms with E-state index in [2.05, 4.69) is 50.8 Å². The fourth-order valence-electron chi connectivity index (χ4n) is 4.70. The van der Waals surface area contributed by atoms with E-state index in [-0.39, 0.29) is 52.2 Å². The maximum absolute atomic E-state index is 9.68. The van der Waals surface area contributed by atoms with E-state index in [4.69, 9.17) is 9.47 Å². The Morgan fingerprint density at radius 1 is 1.33 bits per heavy atom. The molecule has 1 aliphatic carbocycles. The molecule has 4 rings (SSSR count). The SMILES string of the molecule is C=C(C)[C@@H]1[C@H]2C[C@@H](C)C([Se]c3ccccc3)(O[C@H]2OC)[C@H]1C=C(CO)CO. The van der Waals surface area contributed by atoms with Gasteiger partial charge in [0.1, 0.15) is 0 Å². The molecule has 1 aromatic carbocycles. The molecule has 2 heterocycles. The summed E-state index contributed by atoms with van der Waals surface area (Å²) in [6.07, 6.45) is 2.84. The third-order valence-electron chi connectivity index (χ3n) is 5.92. The first kappa shape index (κ1) is 20.8. The Hall–Kier alpha value is -0.941. The van der Waals surface area contributed by atoms with Crippen LogP contribution in [0.4, 0.5) is 0 Å². The van der Waals surface area contributed by atoms with E-state index in [1.54, 1.807) is 7.11 Å². The molecule has 6 atom stereocenters. The molecule has 0 aromatic heterocycles. The molecule has 3 aliphatic rings. The van der Waals surface area contributed by atoms with Crippen molar-refractivity contribution >= 4 is 19.4 Å². The Bertz CT molecular complexity index is 683. The van der Waals surface area contributed by atoms with Crippen molar-refractivity contribution in [2.75, 3.05) is 20.3 Å². The van der Waals surface area contributed by atoms with Gasteiger partial charge in [-0.15, -0.1) is 0 Å². The zero-order chi connectivity index (χ0) is 19.6. The van der Waals surface area contributed by atoms with Crippen molar-refractivity contribution in [2.45, 2.75) is 31.1 Å². The van der Waals surface area contributed by atoms with Crippen LogP contribution in [-0.4, -0.2) is 56.3 Å². The van der Waals surface area contributed by atoms with Gasteiger partial charge in [0.2, 0.25) is 0 Å². The molecule has 1 aromatic rings. The summed E-state index contributed by atoms with van der Waals surface area (Å²) in [5.74, 6) is 0.851. The molecular weight excluding hydrogens is 407 g/mol. The fraction of sp³-hybridized carbons (Fsp3) is 0.545. The van der Waals surface area contributed by atoms with Crippen LogP contribution in [-0.2, 0) is 9.47 Å². The normalized spacial score (nSPS) is 35.1. The van der Waals surface area contributed by atoms with Crippen molar-refractivity contribution < 1.29 is 19.7 Å². The molecule has 2 bridgehead atoms. The van der Waals surface area contributed by atoms with Crippen molar-refractivity contribution in [1.29, 1.82) is 0 Å². The first-order valence-electron chi connectivity index (χ1n) is 9.48. The van der Waals surface area contributed by atoms with Gasteiger partial charge in [0.05, 0.1) is 0 Å².